The number of carbonyl (C=O) groups is 4. The molecule has 4 aromatic rings. The van der Waals surface area contributed by atoms with Crippen LogP contribution in [0.3, 0.4) is 0 Å². The summed E-state index contributed by atoms with van der Waals surface area (Å²) in [7, 11) is 0. The fourth-order valence-electron chi connectivity index (χ4n) is 8.09. The van der Waals surface area contributed by atoms with Gasteiger partial charge < -0.3 is 21.3 Å². The Morgan fingerprint density at radius 1 is 0.328 bits per heavy atom. The summed E-state index contributed by atoms with van der Waals surface area (Å²) in [6.45, 7) is 5.87. The molecule has 5 aliphatic heterocycles. The van der Waals surface area contributed by atoms with Gasteiger partial charge in [0.05, 0.1) is 45.6 Å². The van der Waals surface area contributed by atoms with Gasteiger partial charge in [0, 0.05) is 72.7 Å². The Morgan fingerprint density at radius 3 is 0.750 bits per heavy atom. The van der Waals surface area contributed by atoms with Crippen LogP contribution in [0.15, 0.2) is 188 Å². The Balaban J connectivity index is 1.35. The molecule has 0 saturated carbocycles. The molecule has 4 N–H and O–H groups in total. The molecular formula is C52H40N8O4. The van der Waals surface area contributed by atoms with E-state index in [-0.39, 0.29) is 23.6 Å². The minimum absolute atomic E-state index is 0.201. The number of rotatable bonds is 8. The van der Waals surface area contributed by atoms with Crippen molar-refractivity contribution in [3.63, 3.8) is 0 Å². The summed E-state index contributed by atoms with van der Waals surface area (Å²) in [6.07, 6.45) is 15.6. The number of fused-ring (bicyclic) bond motifs is 4. The molecule has 9 rings (SSSR count). The van der Waals surface area contributed by atoms with Crippen molar-refractivity contribution >= 4 is 91.5 Å². The van der Waals surface area contributed by atoms with Crippen LogP contribution in [0.1, 0.15) is 49.9 Å². The van der Waals surface area contributed by atoms with E-state index in [4.69, 9.17) is 20.0 Å². The quantitative estimate of drug-likeness (QED) is 0.139. The van der Waals surface area contributed by atoms with E-state index < -0.39 is 0 Å². The average Bonchev–Trinajstić information content (AvgIpc) is 4.09. The number of amides is 4. The molecule has 5 aliphatic rings. The van der Waals surface area contributed by atoms with Crippen molar-refractivity contribution < 1.29 is 19.2 Å². The zero-order valence-electron chi connectivity index (χ0n) is 35.3. The van der Waals surface area contributed by atoms with E-state index in [0.717, 1.165) is 44.5 Å². The third kappa shape index (κ3) is 8.48. The van der Waals surface area contributed by atoms with Crippen molar-refractivity contribution in [3.8, 4) is 0 Å². The number of aliphatic imine (C=N–C) groups is 4. The first-order valence-corrected chi connectivity index (χ1v) is 20.5. The first-order chi connectivity index (χ1) is 30.9. The summed E-state index contributed by atoms with van der Waals surface area (Å²) in [4.78, 5) is 70.1. The number of nitrogens with one attached hydrogen (secondary N) is 4. The molecule has 5 heterocycles. The number of anilines is 4. The molecule has 0 radical (unpaired) electrons. The molecule has 0 saturated heterocycles. The van der Waals surface area contributed by atoms with Gasteiger partial charge in [0.25, 0.3) is 0 Å². The van der Waals surface area contributed by atoms with Gasteiger partial charge in [-0.15, -0.1) is 0 Å². The summed E-state index contributed by atoms with van der Waals surface area (Å²) in [5.74, 6) is -0.804. The Labute approximate surface area is 369 Å². The lowest BCUT2D eigenvalue weighted by molar-refractivity contribution is -0.115. The number of nitrogens with zero attached hydrogens (tertiary/aromatic N) is 4. The molecular weight excluding hydrogens is 801 g/mol. The molecule has 12 heteroatoms. The molecule has 64 heavy (non-hydrogen) atoms. The highest BCUT2D eigenvalue weighted by molar-refractivity contribution is 6.39. The first-order valence-electron chi connectivity index (χ1n) is 20.5. The Morgan fingerprint density at radius 2 is 0.547 bits per heavy atom. The summed E-state index contributed by atoms with van der Waals surface area (Å²) < 4.78 is 0. The van der Waals surface area contributed by atoms with E-state index >= 15 is 0 Å². The summed E-state index contributed by atoms with van der Waals surface area (Å²) in [5.41, 5.74) is 13.4. The zero-order chi connectivity index (χ0) is 44.5. The topological polar surface area (TPSA) is 166 Å². The van der Waals surface area contributed by atoms with Gasteiger partial charge in [-0.1, -0.05) is 48.5 Å². The Kier molecular flexibility index (Phi) is 10.8. The molecule has 0 aliphatic carbocycles. The van der Waals surface area contributed by atoms with Gasteiger partial charge in [-0.3, -0.25) is 19.2 Å². The first kappa shape index (κ1) is 40.7. The van der Waals surface area contributed by atoms with Crippen LogP contribution < -0.4 is 21.3 Å². The van der Waals surface area contributed by atoms with Gasteiger partial charge in [0.2, 0.25) is 23.6 Å². The zero-order valence-corrected chi connectivity index (χ0v) is 35.3. The third-order valence-corrected chi connectivity index (χ3v) is 10.5. The molecule has 0 aromatic heterocycles. The summed E-state index contributed by atoms with van der Waals surface area (Å²) in [5, 5.41) is 11.6. The molecule has 312 valence electrons. The summed E-state index contributed by atoms with van der Waals surface area (Å²) >= 11 is 0. The smallest absolute Gasteiger partial charge is 0.221 e. The maximum Gasteiger partial charge on any atom is 0.221 e. The molecule has 4 amide bonds. The van der Waals surface area contributed by atoms with Gasteiger partial charge >= 0.3 is 0 Å². The number of hydrogen-bond acceptors (Lipinski definition) is 8. The van der Waals surface area contributed by atoms with Crippen LogP contribution in [0.4, 0.5) is 22.7 Å². The molecule has 12 nitrogen and oxygen atoms in total. The highest BCUT2D eigenvalue weighted by atomic mass is 16.2. The largest absolute Gasteiger partial charge is 0.326 e. The van der Waals surface area contributed by atoms with E-state index in [9.17, 15) is 19.2 Å². The van der Waals surface area contributed by atoms with Crippen molar-refractivity contribution in [3.05, 3.63) is 191 Å². The van der Waals surface area contributed by atoms with E-state index in [1.807, 2.05) is 146 Å². The van der Waals surface area contributed by atoms with Crippen LogP contribution in [0.5, 0.6) is 0 Å². The van der Waals surface area contributed by atoms with Gasteiger partial charge in [-0.05, 0) is 119 Å². The third-order valence-electron chi connectivity index (χ3n) is 10.5. The van der Waals surface area contributed by atoms with Crippen LogP contribution >= 0.6 is 0 Å². The standard InChI is InChI=1S/C52H40N8O4/c1-29(61)53-37-13-5-9-33(25-37)49-41-17-19-43(57-41)50(34-10-6-14-38(26-34)54-30(2)62)45-21-23-47(59-45)52(36-12-8-16-40(28-36)56-32(4)64)48-24-22-46(60-48)51(44-20-18-42(49)58-44)35-11-7-15-39(27-35)55-31(3)63/h5-28H,1-4H3,(H,53,61)(H,54,62)(H,55,63)(H,56,64). The van der Waals surface area contributed by atoms with E-state index in [1.165, 1.54) is 27.7 Å². The lowest BCUT2D eigenvalue weighted by Crippen LogP contribution is -2.08. The van der Waals surface area contributed by atoms with Gasteiger partial charge in [-0.25, -0.2) is 20.0 Å². The molecule has 0 atom stereocenters. The van der Waals surface area contributed by atoms with Gasteiger partial charge in [-0.2, -0.15) is 0 Å². The van der Waals surface area contributed by atoms with Crippen molar-refractivity contribution in [2.75, 3.05) is 21.3 Å². The number of carbonyl (C=O) groups excluding carboxylic acids is 4. The van der Waals surface area contributed by atoms with E-state index in [1.54, 1.807) is 0 Å². The minimum Gasteiger partial charge on any atom is -0.326 e. The minimum atomic E-state index is -0.201. The second-order valence-corrected chi connectivity index (χ2v) is 15.4. The number of allylic oxidation sites excluding steroid dienone is 12. The molecule has 0 spiro atoms. The maximum atomic E-state index is 12.2. The Hall–Kier alpha value is -8.64. The fraction of sp³-hybridized carbons (Fsp3) is 0.0769. The van der Waals surface area contributed by atoms with Crippen molar-refractivity contribution in [1.29, 1.82) is 0 Å². The van der Waals surface area contributed by atoms with Crippen LogP contribution in [0, 0.1) is 0 Å². The van der Waals surface area contributed by atoms with Crippen LogP contribution in [0.25, 0.3) is 22.3 Å². The molecule has 8 bridgehead atoms. The van der Waals surface area contributed by atoms with E-state index in [0.29, 0.717) is 68.4 Å². The van der Waals surface area contributed by atoms with Crippen molar-refractivity contribution in [2.24, 2.45) is 20.0 Å². The van der Waals surface area contributed by atoms with Crippen LogP contribution in [-0.2, 0) is 19.2 Å². The monoisotopic (exact) mass is 840 g/mol. The average molecular weight is 841 g/mol. The lowest BCUT2D eigenvalue weighted by atomic mass is 9.98. The van der Waals surface area contributed by atoms with Crippen molar-refractivity contribution in [2.45, 2.75) is 27.7 Å². The van der Waals surface area contributed by atoms with Crippen LogP contribution in [-0.4, -0.2) is 46.5 Å². The van der Waals surface area contributed by atoms with E-state index in [2.05, 4.69) is 21.3 Å². The highest BCUT2D eigenvalue weighted by Gasteiger charge is 2.28. The highest BCUT2D eigenvalue weighted by Crippen LogP contribution is 2.39. The number of hydrogen-bond donors (Lipinski definition) is 4. The molecule has 0 fully saturated rings. The lowest BCUT2D eigenvalue weighted by Gasteiger charge is -2.14. The Bertz CT molecular complexity index is 2740. The molecule has 0 unspecified atom stereocenters. The molecule has 4 aromatic carbocycles. The predicted octanol–water partition coefficient (Wildman–Crippen LogP) is 9.52. The van der Waals surface area contributed by atoms with Gasteiger partial charge in [0.15, 0.2) is 0 Å². The second-order valence-electron chi connectivity index (χ2n) is 15.4. The normalized spacial score (nSPS) is 15.9. The second kappa shape index (κ2) is 17.0. The fourth-order valence-corrected chi connectivity index (χ4v) is 8.09. The summed E-state index contributed by atoms with van der Waals surface area (Å²) in [6, 6.07) is 30.2. The number of benzene rings is 4. The van der Waals surface area contributed by atoms with Crippen LogP contribution in [0.2, 0.25) is 0 Å². The SMILES string of the molecule is CC(=O)Nc1cccc(C2=C3C=CC(=N3)C(c3cccc(NC(C)=O)c3)=C3C=CC(=N3)C(c3cccc(NC(C)=O)c3)=C3C=CC(=N3)C(c3cccc(NC(C)=O)c3)=C3C=CC2=N3)c1. The maximum absolute atomic E-state index is 12.2. The van der Waals surface area contributed by atoms with Gasteiger partial charge in [0.1, 0.15) is 0 Å². The van der Waals surface area contributed by atoms with Crippen molar-refractivity contribution in [1.82, 2.24) is 0 Å². The predicted molar refractivity (Wildman–Crippen MR) is 257 cm³/mol.